The molecule has 0 saturated carbocycles. The summed E-state index contributed by atoms with van der Waals surface area (Å²) in [6, 6.07) is 10.1. The van der Waals surface area contributed by atoms with Crippen LogP contribution in [0.5, 0.6) is 5.75 Å². The fourth-order valence-corrected chi connectivity index (χ4v) is 5.85. The Morgan fingerprint density at radius 3 is 2.47 bits per heavy atom. The summed E-state index contributed by atoms with van der Waals surface area (Å²) in [5, 5.41) is 19.2. The van der Waals surface area contributed by atoms with Crippen molar-refractivity contribution in [2.45, 2.75) is 45.4 Å². The number of aromatic hydroxyl groups is 1. The third-order valence-corrected chi connectivity index (χ3v) is 8.09. The van der Waals surface area contributed by atoms with Gasteiger partial charge in [-0.05, 0) is 55.7 Å². The molecule has 1 amide bonds. The summed E-state index contributed by atoms with van der Waals surface area (Å²) in [5.41, 5.74) is 5.78. The summed E-state index contributed by atoms with van der Waals surface area (Å²) in [4.78, 5) is 22.7. The third kappa shape index (κ3) is 4.73. The molecule has 190 valence electrons. The van der Waals surface area contributed by atoms with Gasteiger partial charge >= 0.3 is 0 Å². The van der Waals surface area contributed by atoms with Crippen LogP contribution in [0.25, 0.3) is 10.9 Å². The number of hydrogen-bond donors (Lipinski definition) is 2. The molecule has 0 aliphatic carbocycles. The highest BCUT2D eigenvalue weighted by molar-refractivity contribution is 6.01. The van der Waals surface area contributed by atoms with Gasteiger partial charge < -0.3 is 14.9 Å². The van der Waals surface area contributed by atoms with E-state index < -0.39 is 0 Å². The molecule has 2 fully saturated rings. The van der Waals surface area contributed by atoms with E-state index in [2.05, 4.69) is 50.1 Å². The first-order valence-electron chi connectivity index (χ1n) is 13.3. The van der Waals surface area contributed by atoms with Gasteiger partial charge in [-0.3, -0.25) is 19.7 Å². The number of likely N-dealkylation sites (tertiary alicyclic amines) is 1. The number of phenols is 1. The number of aromatic amines is 1. The highest BCUT2D eigenvalue weighted by atomic mass is 16.3. The topological polar surface area (TPSA) is 78.9 Å². The Kier molecular flexibility index (Phi) is 6.41. The molecule has 3 aromatic rings. The van der Waals surface area contributed by atoms with Crippen molar-refractivity contribution in [2.75, 3.05) is 46.3 Å². The van der Waals surface area contributed by atoms with Crippen molar-refractivity contribution >= 4 is 16.8 Å². The number of H-pyrrole nitrogens is 1. The van der Waals surface area contributed by atoms with Gasteiger partial charge in [-0.15, -0.1) is 0 Å². The van der Waals surface area contributed by atoms with E-state index in [4.69, 9.17) is 0 Å². The first-order valence-corrected chi connectivity index (χ1v) is 13.3. The first kappa shape index (κ1) is 23.5. The van der Waals surface area contributed by atoms with E-state index in [0.717, 1.165) is 69.0 Å². The highest BCUT2D eigenvalue weighted by Gasteiger charge is 2.27. The Hall–Kier alpha value is -2.94. The van der Waals surface area contributed by atoms with Crippen LogP contribution >= 0.6 is 0 Å². The summed E-state index contributed by atoms with van der Waals surface area (Å²) in [5.74, 6) is -0.122. The van der Waals surface area contributed by atoms with Crippen molar-refractivity contribution in [2.24, 2.45) is 0 Å². The molecule has 3 aliphatic rings. The van der Waals surface area contributed by atoms with Crippen LogP contribution in [0.4, 0.5) is 0 Å². The number of nitrogens with one attached hydrogen (secondary N) is 1. The van der Waals surface area contributed by atoms with Crippen molar-refractivity contribution in [3.63, 3.8) is 0 Å². The van der Waals surface area contributed by atoms with Crippen LogP contribution in [0.15, 0.2) is 30.3 Å². The van der Waals surface area contributed by atoms with Crippen LogP contribution in [0.2, 0.25) is 0 Å². The van der Waals surface area contributed by atoms with E-state index in [1.54, 1.807) is 6.07 Å². The Morgan fingerprint density at radius 1 is 0.917 bits per heavy atom. The van der Waals surface area contributed by atoms with Gasteiger partial charge in [-0.25, -0.2) is 0 Å². The number of phenolic OH excluding ortho intramolecular Hbond substituents is 1. The Morgan fingerprint density at radius 2 is 1.67 bits per heavy atom. The van der Waals surface area contributed by atoms with Crippen molar-refractivity contribution in [3.8, 4) is 5.75 Å². The average Bonchev–Trinajstić information content (AvgIpc) is 3.48. The molecule has 3 aliphatic heterocycles. The maximum absolute atomic E-state index is 13.5. The zero-order valence-corrected chi connectivity index (χ0v) is 21.2. The minimum Gasteiger partial charge on any atom is -0.507 e. The minimum atomic E-state index is -0.128. The number of hydrogen-bond acceptors (Lipinski definition) is 6. The number of likely N-dealkylation sites (N-methyl/N-ethyl adjacent to an activating group) is 1. The van der Waals surface area contributed by atoms with Crippen LogP contribution < -0.4 is 0 Å². The lowest BCUT2D eigenvalue weighted by atomic mass is 10.1. The fourth-order valence-electron chi connectivity index (χ4n) is 5.85. The number of aromatic nitrogens is 2. The molecule has 2 aromatic carbocycles. The number of fused-ring (bicyclic) bond motifs is 2. The normalized spacial score (nSPS) is 19.8. The average molecular weight is 489 g/mol. The summed E-state index contributed by atoms with van der Waals surface area (Å²) < 4.78 is 0. The van der Waals surface area contributed by atoms with Gasteiger partial charge in [0.2, 0.25) is 0 Å². The predicted octanol–water partition coefficient (Wildman–Crippen LogP) is 3.16. The van der Waals surface area contributed by atoms with Gasteiger partial charge in [0.15, 0.2) is 0 Å². The van der Waals surface area contributed by atoms with Crippen LogP contribution in [0, 0.1) is 0 Å². The lowest BCUT2D eigenvalue weighted by Crippen LogP contribution is -2.43. The third-order valence-electron chi connectivity index (χ3n) is 8.09. The number of carbonyl (C=O) groups excluding carboxylic acids is 1. The molecular formula is C28H36N6O2. The highest BCUT2D eigenvalue weighted by Crippen LogP contribution is 2.31. The van der Waals surface area contributed by atoms with Gasteiger partial charge in [0.05, 0.1) is 16.8 Å². The van der Waals surface area contributed by atoms with Gasteiger partial charge in [0.1, 0.15) is 5.75 Å². The number of benzene rings is 2. The summed E-state index contributed by atoms with van der Waals surface area (Å²) in [6.45, 7) is 9.44. The molecule has 0 atom stereocenters. The van der Waals surface area contributed by atoms with E-state index in [1.807, 2.05) is 11.0 Å². The first-order chi connectivity index (χ1) is 17.5. The van der Waals surface area contributed by atoms with Crippen LogP contribution in [0.1, 0.15) is 52.0 Å². The number of rotatable bonds is 5. The maximum Gasteiger partial charge on any atom is 0.258 e. The Bertz CT molecular complexity index is 1260. The SMILES string of the molecule is CN1CCN(Cc2ccc3c(c2)CN(C(=O)c2cc4c(CN5CCCCC5)n[nH]c4cc2O)C3)CC1. The van der Waals surface area contributed by atoms with E-state index in [-0.39, 0.29) is 11.7 Å². The van der Waals surface area contributed by atoms with Crippen molar-refractivity contribution in [1.82, 2.24) is 29.8 Å². The zero-order chi connectivity index (χ0) is 24.6. The minimum absolute atomic E-state index is 0.00684. The molecule has 0 spiro atoms. The molecule has 36 heavy (non-hydrogen) atoms. The summed E-state index contributed by atoms with van der Waals surface area (Å²) >= 11 is 0. The molecule has 6 rings (SSSR count). The van der Waals surface area contributed by atoms with Crippen molar-refractivity contribution in [1.29, 1.82) is 0 Å². The largest absolute Gasteiger partial charge is 0.507 e. The fraction of sp³-hybridized carbons (Fsp3) is 0.500. The van der Waals surface area contributed by atoms with Gasteiger partial charge in [-0.1, -0.05) is 24.6 Å². The Labute approximate surface area is 212 Å². The van der Waals surface area contributed by atoms with Crippen molar-refractivity contribution < 1.29 is 9.90 Å². The van der Waals surface area contributed by atoms with E-state index in [0.29, 0.717) is 18.7 Å². The van der Waals surface area contributed by atoms with E-state index in [1.165, 1.54) is 36.0 Å². The zero-order valence-electron chi connectivity index (χ0n) is 21.2. The van der Waals surface area contributed by atoms with Crippen LogP contribution in [-0.2, 0) is 26.2 Å². The second-order valence-corrected chi connectivity index (χ2v) is 10.8. The summed E-state index contributed by atoms with van der Waals surface area (Å²) in [6.07, 6.45) is 3.74. The molecule has 2 saturated heterocycles. The van der Waals surface area contributed by atoms with Crippen molar-refractivity contribution in [3.05, 3.63) is 58.3 Å². The number of piperidine rings is 1. The quantitative estimate of drug-likeness (QED) is 0.575. The van der Waals surface area contributed by atoms with Gasteiger partial charge in [0.25, 0.3) is 5.91 Å². The van der Waals surface area contributed by atoms with Crippen LogP contribution in [-0.4, -0.2) is 87.1 Å². The number of carbonyl (C=O) groups is 1. The maximum atomic E-state index is 13.5. The van der Waals surface area contributed by atoms with E-state index >= 15 is 0 Å². The number of piperazine rings is 1. The second kappa shape index (κ2) is 9.84. The molecule has 0 bridgehead atoms. The molecule has 2 N–H and O–H groups in total. The molecule has 0 unspecified atom stereocenters. The lowest BCUT2D eigenvalue weighted by Gasteiger charge is -2.32. The molecule has 4 heterocycles. The number of nitrogens with zero attached hydrogens (tertiary/aromatic N) is 5. The van der Waals surface area contributed by atoms with E-state index in [9.17, 15) is 9.90 Å². The summed E-state index contributed by atoms with van der Waals surface area (Å²) in [7, 11) is 2.18. The molecule has 0 radical (unpaired) electrons. The monoisotopic (exact) mass is 488 g/mol. The Balaban J connectivity index is 1.17. The second-order valence-electron chi connectivity index (χ2n) is 10.8. The number of amides is 1. The smallest absolute Gasteiger partial charge is 0.258 e. The molecular weight excluding hydrogens is 452 g/mol. The van der Waals surface area contributed by atoms with Gasteiger partial charge in [-0.2, -0.15) is 5.10 Å². The lowest BCUT2D eigenvalue weighted by molar-refractivity contribution is 0.0748. The molecule has 1 aromatic heterocycles. The molecule has 8 heteroatoms. The standard InChI is InChI=1S/C28H36N6O2/c1-31-9-11-33(12-10-31)16-20-5-6-21-17-34(18-22(21)13-20)28(36)24-14-23-25(15-27(24)35)29-30-26(23)19-32-7-3-2-4-8-32/h5-6,13-15,35H,2-4,7-12,16-19H2,1H3,(H,29,30). The molecule has 8 nitrogen and oxygen atoms in total. The predicted molar refractivity (Wildman–Crippen MR) is 140 cm³/mol. The van der Waals surface area contributed by atoms with Gasteiger partial charge in [0, 0.05) is 63.8 Å². The van der Waals surface area contributed by atoms with Crippen LogP contribution in [0.3, 0.4) is 0 Å².